The highest BCUT2D eigenvalue weighted by Crippen LogP contribution is 2.31. The summed E-state index contributed by atoms with van der Waals surface area (Å²) >= 11 is 1.22. The van der Waals surface area contributed by atoms with E-state index >= 15 is 0 Å². The Labute approximate surface area is 352 Å². The Morgan fingerprint density at radius 3 is 1.83 bits per heavy atom. The van der Waals surface area contributed by atoms with Crippen LogP contribution in [0.25, 0.3) is 11.1 Å². The SMILES string of the molecule is CCN(CC)CCN(Cc1ccc(-c2ccc(C(F)(F)F)cc2)cc1)C(=O)Cn1cc(CCNS(C)(=O)=O)c(=O)nc1SCc1ccc(F)cc1.CS(=O)(=O)OS(C)(=O)=O. The molecule has 60 heavy (non-hydrogen) atoms. The van der Waals surface area contributed by atoms with Crippen LogP contribution in [-0.2, 0) is 70.1 Å². The highest BCUT2D eigenvalue weighted by molar-refractivity contribution is 7.99. The molecule has 0 spiro atoms. The summed E-state index contributed by atoms with van der Waals surface area (Å²) in [6.07, 6.45) is -0.485. The molecule has 0 aliphatic heterocycles. The number of carbonyl (C=O) groups is 1. The van der Waals surface area contributed by atoms with E-state index in [1.54, 1.807) is 33.7 Å². The lowest BCUT2D eigenvalue weighted by atomic mass is 10.0. The maximum Gasteiger partial charge on any atom is 0.416 e. The van der Waals surface area contributed by atoms with Gasteiger partial charge in [-0.1, -0.05) is 74.1 Å². The number of aromatic nitrogens is 2. The predicted molar refractivity (Wildman–Crippen MR) is 222 cm³/mol. The van der Waals surface area contributed by atoms with Gasteiger partial charge in [-0.15, -0.1) is 3.63 Å². The summed E-state index contributed by atoms with van der Waals surface area (Å²) in [5.41, 5.74) is 1.93. The van der Waals surface area contributed by atoms with Gasteiger partial charge < -0.3 is 14.4 Å². The third kappa shape index (κ3) is 18.2. The Hall–Kier alpha value is -4.19. The fraction of sp³-hybridized carbons (Fsp3) is 0.395. The van der Waals surface area contributed by atoms with Crippen LogP contribution in [-0.4, -0.2) is 102 Å². The number of nitrogens with one attached hydrogen (secondary N) is 1. The van der Waals surface area contributed by atoms with Gasteiger partial charge in [0.2, 0.25) is 15.9 Å². The third-order valence-corrected chi connectivity index (χ3v) is 12.2. The molecule has 330 valence electrons. The van der Waals surface area contributed by atoms with Gasteiger partial charge >= 0.3 is 6.18 Å². The second-order valence-corrected chi connectivity index (χ2v) is 19.5. The van der Waals surface area contributed by atoms with Crippen LogP contribution in [0, 0.1) is 5.82 Å². The average molecular weight is 922 g/mol. The highest BCUT2D eigenvalue weighted by Gasteiger charge is 2.30. The topological polar surface area (TPSA) is 182 Å². The first kappa shape index (κ1) is 50.2. The number of likely N-dealkylation sites (N-methyl/N-ethyl adjacent to an activating group) is 1. The second-order valence-electron chi connectivity index (χ2n) is 13.4. The van der Waals surface area contributed by atoms with Crippen LogP contribution in [0.4, 0.5) is 17.6 Å². The predicted octanol–water partition coefficient (Wildman–Crippen LogP) is 4.75. The number of amides is 1. The molecule has 4 rings (SSSR count). The van der Waals surface area contributed by atoms with Gasteiger partial charge in [-0.2, -0.15) is 35.0 Å². The number of alkyl halides is 3. The normalized spacial score (nSPS) is 12.2. The molecule has 0 bridgehead atoms. The monoisotopic (exact) mass is 921 g/mol. The molecule has 0 aliphatic carbocycles. The number of hydrogen-bond donors (Lipinski definition) is 1. The molecule has 0 aliphatic rings. The van der Waals surface area contributed by atoms with E-state index in [-0.39, 0.29) is 48.5 Å². The fourth-order valence-electron chi connectivity index (χ4n) is 5.46. The van der Waals surface area contributed by atoms with Gasteiger partial charge in [-0.25, -0.2) is 17.5 Å². The zero-order valence-corrected chi connectivity index (χ0v) is 36.7. The quantitative estimate of drug-likeness (QED) is 0.0776. The van der Waals surface area contributed by atoms with E-state index in [0.29, 0.717) is 36.9 Å². The van der Waals surface area contributed by atoms with Crippen LogP contribution >= 0.6 is 11.8 Å². The first-order valence-electron chi connectivity index (χ1n) is 18.2. The van der Waals surface area contributed by atoms with Crippen LogP contribution in [0.5, 0.6) is 0 Å². The molecule has 4 aromatic rings. The van der Waals surface area contributed by atoms with E-state index in [2.05, 4.69) is 18.2 Å². The summed E-state index contributed by atoms with van der Waals surface area (Å²) in [5.74, 6) is -0.272. The highest BCUT2D eigenvalue weighted by atomic mass is 32.3. The molecule has 0 unspecified atom stereocenters. The number of benzene rings is 3. The molecule has 14 nitrogen and oxygen atoms in total. The van der Waals surface area contributed by atoms with Crippen molar-refractivity contribution in [1.82, 2.24) is 24.1 Å². The second kappa shape index (κ2) is 22.1. The molecule has 1 aromatic heterocycles. The zero-order valence-electron chi connectivity index (χ0n) is 33.5. The summed E-state index contributed by atoms with van der Waals surface area (Å²) in [4.78, 5) is 35.2. The Kier molecular flexibility index (Phi) is 18.4. The maximum absolute atomic E-state index is 14.1. The Balaban J connectivity index is 0.000000954. The number of thioether (sulfide) groups is 1. The minimum atomic E-state index is -4.42. The van der Waals surface area contributed by atoms with Crippen LogP contribution in [0.2, 0.25) is 0 Å². The van der Waals surface area contributed by atoms with Crippen molar-refractivity contribution in [2.24, 2.45) is 0 Å². The third-order valence-electron chi connectivity index (χ3n) is 8.43. The minimum Gasteiger partial charge on any atom is -0.336 e. The number of nitrogens with zero attached hydrogens (tertiary/aromatic N) is 4. The fourth-order valence-corrected chi connectivity index (χ4v) is 8.65. The van der Waals surface area contributed by atoms with Crippen molar-refractivity contribution >= 4 is 47.9 Å². The maximum atomic E-state index is 14.1. The van der Waals surface area contributed by atoms with Crippen molar-refractivity contribution in [3.8, 4) is 11.1 Å². The Morgan fingerprint density at radius 1 is 0.817 bits per heavy atom. The lowest BCUT2D eigenvalue weighted by molar-refractivity contribution is -0.137. The Morgan fingerprint density at radius 2 is 1.35 bits per heavy atom. The average Bonchev–Trinajstić information content (AvgIpc) is 3.14. The van der Waals surface area contributed by atoms with Crippen molar-refractivity contribution < 1.29 is 51.2 Å². The molecular formula is C38H47F4N5O9S4. The zero-order chi connectivity index (χ0) is 44.9. The molecular weight excluding hydrogens is 875 g/mol. The molecule has 0 saturated heterocycles. The number of rotatable bonds is 19. The van der Waals surface area contributed by atoms with Gasteiger partial charge in [0.05, 0.1) is 24.3 Å². The van der Waals surface area contributed by atoms with Gasteiger partial charge in [0.1, 0.15) is 12.4 Å². The summed E-state index contributed by atoms with van der Waals surface area (Å²) in [5, 5.41) is 0.280. The van der Waals surface area contributed by atoms with Gasteiger partial charge in [0, 0.05) is 43.7 Å². The minimum absolute atomic E-state index is 0.0236. The first-order chi connectivity index (χ1) is 27.9. The number of halogens is 4. The standard InChI is InChI=1S/C36H41F4N5O4S2.C2H6O5S2/c1-4-43(5-2)20-21-44(22-26-6-10-28(11-7-26)29-12-14-31(15-13-29)36(38,39)40)33(46)24-45-23-30(18-19-41-51(3,48)49)34(47)42-35(45)50-25-27-8-16-32(37)17-9-27;1-8(3,4)7-9(2,5)6/h6-17,23,41H,4-5,18-22,24-25H2,1-3H3;1-2H3. The van der Waals surface area contributed by atoms with Crippen LogP contribution in [0.15, 0.2) is 88.9 Å². The molecule has 1 heterocycles. The molecule has 1 N–H and O–H groups in total. The van der Waals surface area contributed by atoms with Crippen molar-refractivity contribution in [2.45, 2.75) is 50.4 Å². The summed E-state index contributed by atoms with van der Waals surface area (Å²) in [6.45, 7) is 6.73. The van der Waals surface area contributed by atoms with E-state index in [9.17, 15) is 52.4 Å². The first-order valence-corrected chi connectivity index (χ1v) is 24.7. The van der Waals surface area contributed by atoms with Crippen molar-refractivity contribution in [2.75, 3.05) is 51.5 Å². The van der Waals surface area contributed by atoms with Crippen LogP contribution in [0.1, 0.15) is 36.1 Å². The molecule has 22 heteroatoms. The van der Waals surface area contributed by atoms with E-state index in [0.717, 1.165) is 48.2 Å². The molecule has 0 fully saturated rings. The van der Waals surface area contributed by atoms with Gasteiger partial charge in [0.15, 0.2) is 5.16 Å². The van der Waals surface area contributed by atoms with Gasteiger partial charge in [-0.05, 0) is 66.0 Å². The van der Waals surface area contributed by atoms with Crippen molar-refractivity contribution in [3.05, 3.63) is 117 Å². The van der Waals surface area contributed by atoms with Crippen LogP contribution < -0.4 is 10.3 Å². The van der Waals surface area contributed by atoms with E-state index < -0.39 is 47.6 Å². The molecule has 1 amide bonds. The lowest BCUT2D eigenvalue weighted by Crippen LogP contribution is -2.40. The molecule has 0 radical (unpaired) electrons. The van der Waals surface area contributed by atoms with E-state index in [1.165, 1.54) is 42.2 Å². The smallest absolute Gasteiger partial charge is 0.336 e. The van der Waals surface area contributed by atoms with Crippen molar-refractivity contribution in [3.63, 3.8) is 0 Å². The molecule has 0 saturated carbocycles. The van der Waals surface area contributed by atoms with Crippen LogP contribution in [0.3, 0.4) is 0 Å². The Bertz CT molecular complexity index is 2400. The molecule has 3 aromatic carbocycles. The summed E-state index contributed by atoms with van der Waals surface area (Å²) < 4.78 is 123. The largest absolute Gasteiger partial charge is 0.416 e. The van der Waals surface area contributed by atoms with E-state index in [1.807, 2.05) is 26.0 Å². The van der Waals surface area contributed by atoms with Crippen molar-refractivity contribution in [1.29, 1.82) is 0 Å². The van der Waals surface area contributed by atoms with Gasteiger partial charge in [-0.3, -0.25) is 9.59 Å². The summed E-state index contributed by atoms with van der Waals surface area (Å²) in [7, 11) is -11.2. The lowest BCUT2D eigenvalue weighted by Gasteiger charge is -2.27. The number of carbonyl (C=O) groups excluding carboxylic acids is 1. The molecule has 0 atom stereocenters. The van der Waals surface area contributed by atoms with E-state index in [4.69, 9.17) is 0 Å². The summed E-state index contributed by atoms with van der Waals surface area (Å²) in [6, 6.07) is 18.1. The number of hydrogen-bond acceptors (Lipinski definition) is 12. The van der Waals surface area contributed by atoms with Gasteiger partial charge in [0.25, 0.3) is 25.8 Å². The number of sulfonamides is 1.